The van der Waals surface area contributed by atoms with Crippen LogP contribution in [0.5, 0.6) is 11.5 Å². The summed E-state index contributed by atoms with van der Waals surface area (Å²) in [6.07, 6.45) is -5.57. The lowest BCUT2D eigenvalue weighted by molar-refractivity contribution is -0.138. The molecule has 8 nitrogen and oxygen atoms in total. The molecule has 0 bridgehead atoms. The maximum absolute atomic E-state index is 13.0. The number of alkyl carbamates (subject to hydrolysis) is 1. The fourth-order valence-electron chi connectivity index (χ4n) is 2.91. The highest BCUT2D eigenvalue weighted by Crippen LogP contribution is 2.30. The Balaban J connectivity index is 1.78. The van der Waals surface area contributed by atoms with E-state index < -0.39 is 36.6 Å². The molecular formula is C21H17F3N2O6. The van der Waals surface area contributed by atoms with Crippen LogP contribution >= 0.6 is 0 Å². The molecule has 2 aromatic rings. The van der Waals surface area contributed by atoms with Gasteiger partial charge in [-0.2, -0.15) is 13.2 Å². The molecule has 0 radical (unpaired) electrons. The molecule has 1 aliphatic rings. The molecule has 168 valence electrons. The van der Waals surface area contributed by atoms with Gasteiger partial charge in [-0.1, -0.05) is 18.2 Å². The molecule has 1 aliphatic heterocycles. The van der Waals surface area contributed by atoms with Crippen molar-refractivity contribution in [3.63, 3.8) is 0 Å². The van der Waals surface area contributed by atoms with Crippen LogP contribution < -0.4 is 15.8 Å². The minimum Gasteiger partial charge on any atom is -0.480 e. The lowest BCUT2D eigenvalue weighted by Gasteiger charge is -2.16. The molecule has 0 saturated carbocycles. The average Bonchev–Trinajstić information content (AvgIpc) is 3.00. The number of carbonyl (C=O) groups is 3. The Morgan fingerprint density at radius 2 is 1.78 bits per heavy atom. The second-order valence-corrected chi connectivity index (χ2v) is 6.89. The van der Waals surface area contributed by atoms with E-state index in [1.807, 2.05) is 5.32 Å². The normalized spacial score (nSPS) is 15.9. The van der Waals surface area contributed by atoms with Gasteiger partial charge in [0, 0.05) is 0 Å². The Hall–Kier alpha value is -3.86. The number of nitrogens with two attached hydrogens (primary N) is 1. The van der Waals surface area contributed by atoms with Crippen LogP contribution in [0.4, 0.5) is 18.0 Å². The van der Waals surface area contributed by atoms with Crippen LogP contribution in [0.3, 0.4) is 0 Å². The predicted octanol–water partition coefficient (Wildman–Crippen LogP) is 3.15. The Morgan fingerprint density at radius 3 is 2.34 bits per heavy atom. The summed E-state index contributed by atoms with van der Waals surface area (Å²) in [4.78, 5) is 33.5. The molecule has 0 aromatic heterocycles. The molecule has 1 fully saturated rings. The highest BCUT2D eigenvalue weighted by Gasteiger charge is 2.30. The molecule has 0 aliphatic carbocycles. The number of rotatable bonds is 7. The van der Waals surface area contributed by atoms with Crippen LogP contribution in [-0.2, 0) is 27.2 Å². The second kappa shape index (κ2) is 9.10. The molecule has 2 amide bonds. The zero-order chi connectivity index (χ0) is 23.5. The van der Waals surface area contributed by atoms with Crippen molar-refractivity contribution in [3.05, 3.63) is 64.9 Å². The van der Waals surface area contributed by atoms with Crippen molar-refractivity contribution in [2.75, 3.05) is 0 Å². The van der Waals surface area contributed by atoms with Gasteiger partial charge in [-0.25, -0.2) is 4.79 Å². The number of carboxylic acids is 1. The number of carboxylic acid groups (broad SMARTS) is 1. The molecule has 11 heteroatoms. The summed E-state index contributed by atoms with van der Waals surface area (Å²) in [6.45, 7) is 0. The number of imide groups is 1. The van der Waals surface area contributed by atoms with E-state index in [4.69, 9.17) is 20.3 Å². The standard InChI is InChI=1S/C21H17F3N2O6/c22-21(23,24)10-13-8-15(6-3-12(13)9-16(25)19(28)29)31-14-4-1-11(2-5-14)7-17-18(27)26-20(30)32-17/h1-8,16H,9-10,25H2,(H,28,29)(H,26,27,30). The summed E-state index contributed by atoms with van der Waals surface area (Å²) in [6, 6.07) is 8.76. The van der Waals surface area contributed by atoms with Gasteiger partial charge in [0.2, 0.25) is 0 Å². The number of benzene rings is 2. The van der Waals surface area contributed by atoms with Crippen molar-refractivity contribution in [2.45, 2.75) is 25.1 Å². The third-order valence-corrected chi connectivity index (χ3v) is 4.38. The van der Waals surface area contributed by atoms with E-state index in [0.717, 1.165) is 0 Å². The number of alkyl halides is 3. The third-order valence-electron chi connectivity index (χ3n) is 4.38. The van der Waals surface area contributed by atoms with Crippen molar-refractivity contribution in [1.82, 2.24) is 5.32 Å². The minimum absolute atomic E-state index is 0.118. The largest absolute Gasteiger partial charge is 0.480 e. The van der Waals surface area contributed by atoms with Crippen molar-refractivity contribution >= 4 is 24.0 Å². The number of ether oxygens (including phenoxy) is 2. The van der Waals surface area contributed by atoms with Gasteiger partial charge in [-0.3, -0.25) is 14.9 Å². The van der Waals surface area contributed by atoms with Crippen LogP contribution in [0.2, 0.25) is 0 Å². The Kier molecular flexibility index (Phi) is 6.49. The number of hydrogen-bond donors (Lipinski definition) is 3. The Bertz CT molecular complexity index is 1080. The van der Waals surface area contributed by atoms with Gasteiger partial charge in [-0.15, -0.1) is 0 Å². The van der Waals surface area contributed by atoms with E-state index in [1.54, 1.807) is 12.1 Å². The maximum atomic E-state index is 13.0. The van der Waals surface area contributed by atoms with E-state index in [0.29, 0.717) is 11.3 Å². The molecule has 1 unspecified atom stereocenters. The summed E-state index contributed by atoms with van der Waals surface area (Å²) in [5.41, 5.74) is 6.01. The highest BCUT2D eigenvalue weighted by molar-refractivity contribution is 6.09. The van der Waals surface area contributed by atoms with Gasteiger partial charge in [-0.05, 0) is 53.5 Å². The van der Waals surface area contributed by atoms with Crippen LogP contribution in [0.25, 0.3) is 6.08 Å². The molecule has 2 aromatic carbocycles. The van der Waals surface area contributed by atoms with Crippen molar-refractivity contribution < 1.29 is 42.1 Å². The summed E-state index contributed by atoms with van der Waals surface area (Å²) in [5.74, 6) is -1.74. The zero-order valence-electron chi connectivity index (χ0n) is 16.3. The number of halogens is 3. The van der Waals surface area contributed by atoms with Crippen LogP contribution in [0.1, 0.15) is 16.7 Å². The maximum Gasteiger partial charge on any atom is 0.419 e. The average molecular weight is 450 g/mol. The van der Waals surface area contributed by atoms with Crippen molar-refractivity contribution in [2.24, 2.45) is 5.73 Å². The summed E-state index contributed by atoms with van der Waals surface area (Å²) < 4.78 is 49.3. The molecule has 1 saturated heterocycles. The molecular weight excluding hydrogens is 433 g/mol. The van der Waals surface area contributed by atoms with E-state index >= 15 is 0 Å². The first kappa shape index (κ1) is 22.8. The topological polar surface area (TPSA) is 128 Å². The fourth-order valence-corrected chi connectivity index (χ4v) is 2.91. The number of hydrogen-bond acceptors (Lipinski definition) is 6. The van der Waals surface area contributed by atoms with Gasteiger partial charge >= 0.3 is 18.2 Å². The Morgan fingerprint density at radius 1 is 1.12 bits per heavy atom. The first-order chi connectivity index (χ1) is 15.0. The summed E-state index contributed by atoms with van der Waals surface area (Å²) >= 11 is 0. The van der Waals surface area contributed by atoms with E-state index in [2.05, 4.69) is 0 Å². The molecule has 1 atom stereocenters. The van der Waals surface area contributed by atoms with Gasteiger partial charge in [0.05, 0.1) is 6.42 Å². The monoisotopic (exact) mass is 450 g/mol. The van der Waals surface area contributed by atoms with Gasteiger partial charge < -0.3 is 20.3 Å². The van der Waals surface area contributed by atoms with E-state index in [-0.39, 0.29) is 29.1 Å². The van der Waals surface area contributed by atoms with Gasteiger partial charge in [0.1, 0.15) is 17.5 Å². The minimum atomic E-state index is -4.51. The number of carbonyl (C=O) groups excluding carboxylic acids is 2. The van der Waals surface area contributed by atoms with Gasteiger partial charge in [0.25, 0.3) is 5.91 Å². The number of nitrogens with one attached hydrogen (secondary N) is 1. The lowest BCUT2D eigenvalue weighted by Crippen LogP contribution is -2.32. The van der Waals surface area contributed by atoms with Crippen molar-refractivity contribution in [1.29, 1.82) is 0 Å². The highest BCUT2D eigenvalue weighted by atomic mass is 19.4. The lowest BCUT2D eigenvalue weighted by atomic mass is 9.98. The quantitative estimate of drug-likeness (QED) is 0.553. The van der Waals surface area contributed by atoms with E-state index in [1.165, 1.54) is 36.4 Å². The van der Waals surface area contributed by atoms with Crippen molar-refractivity contribution in [3.8, 4) is 11.5 Å². The van der Waals surface area contributed by atoms with Crippen LogP contribution in [0.15, 0.2) is 48.2 Å². The molecule has 4 N–H and O–H groups in total. The second-order valence-electron chi connectivity index (χ2n) is 6.89. The number of aliphatic carboxylic acids is 1. The number of cyclic esters (lactones) is 1. The summed E-state index contributed by atoms with van der Waals surface area (Å²) in [7, 11) is 0. The fraction of sp³-hybridized carbons (Fsp3) is 0.190. The van der Waals surface area contributed by atoms with Gasteiger partial charge in [0.15, 0.2) is 5.76 Å². The molecule has 3 rings (SSSR count). The van der Waals surface area contributed by atoms with E-state index in [9.17, 15) is 27.6 Å². The summed E-state index contributed by atoms with van der Waals surface area (Å²) in [5, 5.41) is 10.9. The first-order valence-electron chi connectivity index (χ1n) is 9.20. The smallest absolute Gasteiger partial charge is 0.419 e. The van der Waals surface area contributed by atoms with Crippen LogP contribution in [0, 0.1) is 0 Å². The third kappa shape index (κ3) is 6.08. The zero-order valence-corrected chi connectivity index (χ0v) is 16.3. The molecule has 1 heterocycles. The number of amides is 2. The Labute approximate surface area is 179 Å². The predicted molar refractivity (Wildman–Crippen MR) is 105 cm³/mol. The molecule has 32 heavy (non-hydrogen) atoms. The molecule has 0 spiro atoms. The SMILES string of the molecule is NC(Cc1ccc(Oc2ccc(C=C3OC(=O)NC3=O)cc2)cc1CC(F)(F)F)C(=O)O. The van der Waals surface area contributed by atoms with Crippen LogP contribution in [-0.4, -0.2) is 35.3 Å². The first-order valence-corrected chi connectivity index (χ1v) is 9.20.